The topological polar surface area (TPSA) is 46.2 Å². The van der Waals surface area contributed by atoms with E-state index in [0.717, 1.165) is 0 Å². The van der Waals surface area contributed by atoms with E-state index < -0.39 is 44.5 Å². The van der Waals surface area contributed by atoms with Gasteiger partial charge in [-0.25, -0.2) is 26.0 Å². The smallest absolute Gasteiger partial charge is 0.262 e. The number of rotatable bonds is 4. The zero-order chi connectivity index (χ0) is 20.6. The lowest BCUT2D eigenvalue weighted by Crippen LogP contribution is -2.17. The second kappa shape index (κ2) is 7.44. The van der Waals surface area contributed by atoms with Crippen molar-refractivity contribution in [2.45, 2.75) is 11.8 Å². The van der Waals surface area contributed by atoms with Crippen LogP contribution in [0.5, 0.6) is 0 Å². The lowest BCUT2D eigenvalue weighted by molar-refractivity contribution is 0.413. The third kappa shape index (κ3) is 3.57. The van der Waals surface area contributed by atoms with Gasteiger partial charge in [0.15, 0.2) is 23.3 Å². The van der Waals surface area contributed by atoms with Gasteiger partial charge in [-0.3, -0.25) is 4.72 Å². The third-order valence-electron chi connectivity index (χ3n) is 4.00. The first-order chi connectivity index (χ1) is 13.1. The second-order valence-electron chi connectivity index (χ2n) is 5.89. The van der Waals surface area contributed by atoms with E-state index in [-0.39, 0.29) is 10.5 Å². The number of benzene rings is 3. The molecule has 0 saturated heterocycles. The zero-order valence-electron chi connectivity index (χ0n) is 14.2. The molecule has 146 valence electrons. The van der Waals surface area contributed by atoms with Crippen molar-refractivity contribution in [3.63, 3.8) is 0 Å². The number of nitrogens with one attached hydrogen (secondary N) is 1. The van der Waals surface area contributed by atoms with Crippen LogP contribution in [-0.2, 0) is 10.0 Å². The molecule has 0 aliphatic rings. The summed E-state index contributed by atoms with van der Waals surface area (Å²) < 4.78 is 83.6. The Bertz CT molecular complexity index is 1170. The summed E-state index contributed by atoms with van der Waals surface area (Å²) in [7, 11) is -4.40. The van der Waals surface area contributed by atoms with Crippen LogP contribution in [-0.4, -0.2) is 8.42 Å². The Morgan fingerprint density at radius 2 is 1.46 bits per heavy atom. The van der Waals surface area contributed by atoms with Crippen LogP contribution in [0.25, 0.3) is 11.1 Å². The average molecular weight is 430 g/mol. The van der Waals surface area contributed by atoms with Crippen LogP contribution in [0.15, 0.2) is 53.4 Å². The molecule has 0 atom stereocenters. The zero-order valence-corrected chi connectivity index (χ0v) is 15.8. The highest BCUT2D eigenvalue weighted by atomic mass is 35.5. The molecule has 28 heavy (non-hydrogen) atoms. The van der Waals surface area contributed by atoms with E-state index >= 15 is 0 Å². The molecule has 0 aliphatic heterocycles. The van der Waals surface area contributed by atoms with Crippen molar-refractivity contribution in [2.24, 2.45) is 0 Å². The highest BCUT2D eigenvalue weighted by Gasteiger charge is 2.29. The molecule has 0 fully saturated rings. The predicted molar refractivity (Wildman–Crippen MR) is 98.7 cm³/mol. The minimum absolute atomic E-state index is 0.0806. The fourth-order valence-corrected chi connectivity index (χ4v) is 3.80. The second-order valence-corrected chi connectivity index (χ2v) is 7.98. The first kappa shape index (κ1) is 20.2. The van der Waals surface area contributed by atoms with Crippen molar-refractivity contribution in [2.75, 3.05) is 4.72 Å². The Morgan fingerprint density at radius 1 is 0.857 bits per heavy atom. The monoisotopic (exact) mass is 429 g/mol. The summed E-state index contributed by atoms with van der Waals surface area (Å²) in [5.41, 5.74) is -1.44. The first-order valence-corrected chi connectivity index (χ1v) is 9.70. The maximum Gasteiger partial charge on any atom is 0.262 e. The van der Waals surface area contributed by atoms with Gasteiger partial charge in [0, 0.05) is 10.6 Å². The van der Waals surface area contributed by atoms with Gasteiger partial charge in [-0.05, 0) is 42.3 Å². The Labute approximate surface area is 163 Å². The molecule has 0 heterocycles. The molecule has 9 heteroatoms. The maximum atomic E-state index is 14.5. The van der Waals surface area contributed by atoms with Crippen LogP contribution in [0, 0.1) is 30.2 Å². The lowest BCUT2D eigenvalue weighted by atomic mass is 10.0. The summed E-state index contributed by atoms with van der Waals surface area (Å²) >= 11 is 5.91. The van der Waals surface area contributed by atoms with E-state index in [2.05, 4.69) is 0 Å². The molecule has 1 N–H and O–H groups in total. The molecule has 0 unspecified atom stereocenters. The normalized spacial score (nSPS) is 11.5. The van der Waals surface area contributed by atoms with E-state index in [0.29, 0.717) is 10.6 Å². The van der Waals surface area contributed by atoms with Gasteiger partial charge in [0.2, 0.25) is 0 Å². The first-order valence-electron chi connectivity index (χ1n) is 7.84. The van der Waals surface area contributed by atoms with Crippen LogP contribution >= 0.6 is 11.6 Å². The summed E-state index contributed by atoms with van der Waals surface area (Å²) in [5.74, 6) is -7.77. The van der Waals surface area contributed by atoms with Crippen molar-refractivity contribution in [1.82, 2.24) is 0 Å². The Morgan fingerprint density at radius 3 is 2.07 bits per heavy atom. The van der Waals surface area contributed by atoms with Crippen LogP contribution in [0.1, 0.15) is 5.56 Å². The van der Waals surface area contributed by atoms with E-state index in [1.165, 1.54) is 42.5 Å². The van der Waals surface area contributed by atoms with Gasteiger partial charge in [-0.15, -0.1) is 0 Å². The van der Waals surface area contributed by atoms with Crippen LogP contribution in [0.3, 0.4) is 0 Å². The van der Waals surface area contributed by atoms with Gasteiger partial charge in [-0.2, -0.15) is 0 Å². The lowest BCUT2D eigenvalue weighted by Gasteiger charge is -2.16. The van der Waals surface area contributed by atoms with Gasteiger partial charge in [-0.1, -0.05) is 35.9 Å². The largest absolute Gasteiger partial charge is 0.276 e. The number of hydrogen-bond acceptors (Lipinski definition) is 2. The van der Waals surface area contributed by atoms with Crippen LogP contribution in [0.4, 0.5) is 23.2 Å². The standard InChI is InChI=1S/C19H12ClF4NO2S/c1-10-9-11(7-8-13(10)20)14-15(21)16(22)17(23)18(24)19(14)25-28(26,27)12-5-3-2-4-6-12/h2-9,25H,1H3. The fourth-order valence-electron chi connectivity index (χ4n) is 2.59. The number of halogens is 5. The van der Waals surface area contributed by atoms with Crippen molar-refractivity contribution < 1.29 is 26.0 Å². The highest BCUT2D eigenvalue weighted by Crippen LogP contribution is 2.38. The molecule has 0 aliphatic carbocycles. The molecule has 3 nitrogen and oxygen atoms in total. The van der Waals surface area contributed by atoms with Crippen LogP contribution < -0.4 is 4.72 Å². The van der Waals surface area contributed by atoms with E-state index in [9.17, 15) is 26.0 Å². The predicted octanol–water partition coefficient (Wildman–Crippen LogP) is 5.67. The molecule has 0 radical (unpaired) electrons. The molecular weight excluding hydrogens is 418 g/mol. The minimum atomic E-state index is -4.40. The summed E-state index contributed by atoms with van der Waals surface area (Å²) in [5, 5.41) is 0.304. The summed E-state index contributed by atoms with van der Waals surface area (Å²) in [6.45, 7) is 1.56. The molecule has 0 spiro atoms. The number of hydrogen-bond donors (Lipinski definition) is 1. The quantitative estimate of drug-likeness (QED) is 0.330. The Hall–Kier alpha value is -2.58. The molecule has 0 bridgehead atoms. The average Bonchev–Trinajstić information content (AvgIpc) is 2.67. The third-order valence-corrected chi connectivity index (χ3v) is 5.79. The van der Waals surface area contributed by atoms with Gasteiger partial charge in [0.1, 0.15) is 0 Å². The fraction of sp³-hybridized carbons (Fsp3) is 0.0526. The Kier molecular flexibility index (Phi) is 5.36. The SMILES string of the molecule is Cc1cc(-c2c(F)c(F)c(F)c(F)c2NS(=O)(=O)c2ccccc2)ccc1Cl. The van der Waals surface area contributed by atoms with E-state index in [1.54, 1.807) is 13.0 Å². The maximum absolute atomic E-state index is 14.5. The van der Waals surface area contributed by atoms with Crippen molar-refractivity contribution in [3.8, 4) is 11.1 Å². The molecule has 3 aromatic carbocycles. The molecule has 3 rings (SSSR count). The van der Waals surface area contributed by atoms with Crippen molar-refractivity contribution in [3.05, 3.63) is 82.4 Å². The number of sulfonamides is 1. The highest BCUT2D eigenvalue weighted by molar-refractivity contribution is 7.92. The summed E-state index contributed by atoms with van der Waals surface area (Å²) in [6, 6.07) is 10.7. The van der Waals surface area contributed by atoms with Gasteiger partial charge < -0.3 is 0 Å². The molecule has 0 saturated carbocycles. The van der Waals surface area contributed by atoms with Crippen LogP contribution in [0.2, 0.25) is 5.02 Å². The number of anilines is 1. The molecule has 0 amide bonds. The van der Waals surface area contributed by atoms with Crippen molar-refractivity contribution >= 4 is 27.3 Å². The summed E-state index contributed by atoms with van der Waals surface area (Å²) in [4.78, 5) is -0.266. The van der Waals surface area contributed by atoms with Crippen molar-refractivity contribution in [1.29, 1.82) is 0 Å². The molecular formula is C19H12ClF4NO2S. The number of aryl methyl sites for hydroxylation is 1. The van der Waals surface area contributed by atoms with Gasteiger partial charge in [0.25, 0.3) is 10.0 Å². The molecule has 3 aromatic rings. The van der Waals surface area contributed by atoms with Gasteiger partial charge >= 0.3 is 0 Å². The minimum Gasteiger partial charge on any atom is -0.276 e. The van der Waals surface area contributed by atoms with E-state index in [1.807, 2.05) is 4.72 Å². The summed E-state index contributed by atoms with van der Waals surface area (Å²) in [6.07, 6.45) is 0. The Balaban J connectivity index is 2.27. The van der Waals surface area contributed by atoms with E-state index in [4.69, 9.17) is 11.6 Å². The molecule has 0 aromatic heterocycles. The van der Waals surface area contributed by atoms with Gasteiger partial charge in [0.05, 0.1) is 10.6 Å².